The van der Waals surface area contributed by atoms with E-state index in [4.69, 9.17) is 9.72 Å². The summed E-state index contributed by atoms with van der Waals surface area (Å²) in [6.45, 7) is 3.98. The number of thiazole rings is 1. The van der Waals surface area contributed by atoms with Crippen LogP contribution in [-0.2, 0) is 12.8 Å². The summed E-state index contributed by atoms with van der Waals surface area (Å²) in [5.74, 6) is 0.802. The second-order valence-electron chi connectivity index (χ2n) is 6.54. The molecule has 0 saturated heterocycles. The third-order valence-corrected chi connectivity index (χ3v) is 5.84. The molecule has 1 N–H and O–H groups in total. The Balaban J connectivity index is 1.66. The number of hydrogen-bond acceptors (Lipinski definition) is 4. The van der Waals surface area contributed by atoms with E-state index in [0.717, 1.165) is 41.0 Å². The van der Waals surface area contributed by atoms with Gasteiger partial charge in [0.1, 0.15) is 5.75 Å². The molecule has 4 nitrogen and oxygen atoms in total. The van der Waals surface area contributed by atoms with Gasteiger partial charge in [-0.05, 0) is 61.6 Å². The van der Waals surface area contributed by atoms with Crippen LogP contribution in [0.4, 0.5) is 5.13 Å². The number of fused-ring (bicyclic) bond motifs is 3. The Bertz CT molecular complexity index is 1010. The Morgan fingerprint density at radius 3 is 2.73 bits per heavy atom. The maximum Gasteiger partial charge on any atom is 0.257 e. The van der Waals surface area contributed by atoms with Crippen LogP contribution in [-0.4, -0.2) is 18.0 Å². The van der Waals surface area contributed by atoms with Crippen molar-refractivity contribution in [3.8, 4) is 17.0 Å². The minimum atomic E-state index is -0.111. The SMILES string of the molecule is COc1cc2c(cc1C)-c1nc(NC(=O)c3ccccc3C)sc1CC2. The molecule has 1 heterocycles. The van der Waals surface area contributed by atoms with E-state index in [0.29, 0.717) is 10.7 Å². The predicted octanol–water partition coefficient (Wildman–Crippen LogP) is 4.79. The molecule has 26 heavy (non-hydrogen) atoms. The summed E-state index contributed by atoms with van der Waals surface area (Å²) in [5.41, 5.74) is 6.12. The second kappa shape index (κ2) is 6.57. The van der Waals surface area contributed by atoms with Gasteiger partial charge in [0.25, 0.3) is 5.91 Å². The molecular formula is C21H20N2O2S. The average Bonchev–Trinajstić information content (AvgIpc) is 3.04. The van der Waals surface area contributed by atoms with Gasteiger partial charge in [-0.3, -0.25) is 10.1 Å². The highest BCUT2D eigenvalue weighted by atomic mass is 32.1. The number of anilines is 1. The topological polar surface area (TPSA) is 51.2 Å². The van der Waals surface area contributed by atoms with E-state index < -0.39 is 0 Å². The van der Waals surface area contributed by atoms with Crippen LogP contribution in [0.5, 0.6) is 5.75 Å². The van der Waals surface area contributed by atoms with Gasteiger partial charge in [0.05, 0.1) is 12.8 Å². The molecule has 0 fully saturated rings. The third kappa shape index (κ3) is 2.88. The van der Waals surface area contributed by atoms with Crippen LogP contribution in [0.1, 0.15) is 31.9 Å². The lowest BCUT2D eigenvalue weighted by Gasteiger charge is -2.17. The summed E-state index contributed by atoms with van der Waals surface area (Å²) in [6, 6.07) is 11.8. The van der Waals surface area contributed by atoms with Crippen molar-refractivity contribution < 1.29 is 9.53 Å². The minimum absolute atomic E-state index is 0.111. The summed E-state index contributed by atoms with van der Waals surface area (Å²) in [6.07, 6.45) is 1.90. The summed E-state index contributed by atoms with van der Waals surface area (Å²) < 4.78 is 5.44. The number of benzene rings is 2. The Labute approximate surface area is 156 Å². The number of methoxy groups -OCH3 is 1. The zero-order chi connectivity index (χ0) is 18.3. The fourth-order valence-electron chi connectivity index (χ4n) is 3.40. The molecule has 0 saturated carbocycles. The highest BCUT2D eigenvalue weighted by molar-refractivity contribution is 7.16. The number of hydrogen-bond donors (Lipinski definition) is 1. The van der Waals surface area contributed by atoms with Gasteiger partial charge < -0.3 is 4.74 Å². The number of amides is 1. The van der Waals surface area contributed by atoms with Gasteiger partial charge in [-0.2, -0.15) is 0 Å². The smallest absolute Gasteiger partial charge is 0.257 e. The molecule has 3 aromatic rings. The molecule has 0 unspecified atom stereocenters. The molecule has 0 bridgehead atoms. The van der Waals surface area contributed by atoms with Crippen LogP contribution in [0.2, 0.25) is 0 Å². The normalized spacial score (nSPS) is 12.3. The van der Waals surface area contributed by atoms with Gasteiger partial charge in [-0.1, -0.05) is 18.2 Å². The fraction of sp³-hybridized carbons (Fsp3) is 0.238. The largest absolute Gasteiger partial charge is 0.496 e. The zero-order valence-electron chi connectivity index (χ0n) is 15.1. The first-order valence-electron chi connectivity index (χ1n) is 8.61. The van der Waals surface area contributed by atoms with E-state index in [2.05, 4.69) is 17.4 Å². The number of carbonyl (C=O) groups excluding carboxylic acids is 1. The first-order chi connectivity index (χ1) is 12.6. The molecule has 0 spiro atoms. The summed E-state index contributed by atoms with van der Waals surface area (Å²) in [7, 11) is 1.70. The monoisotopic (exact) mass is 364 g/mol. The van der Waals surface area contributed by atoms with Crippen molar-refractivity contribution >= 4 is 22.4 Å². The molecule has 4 rings (SSSR count). The molecule has 5 heteroatoms. The molecule has 0 radical (unpaired) electrons. The van der Waals surface area contributed by atoms with Crippen LogP contribution >= 0.6 is 11.3 Å². The van der Waals surface area contributed by atoms with Gasteiger partial charge in [-0.15, -0.1) is 11.3 Å². The van der Waals surface area contributed by atoms with E-state index in [1.165, 1.54) is 10.4 Å². The van der Waals surface area contributed by atoms with Crippen molar-refractivity contribution in [3.63, 3.8) is 0 Å². The molecule has 1 aliphatic carbocycles. The Morgan fingerprint density at radius 1 is 1.15 bits per heavy atom. The Kier molecular flexibility index (Phi) is 4.24. The van der Waals surface area contributed by atoms with Crippen molar-refractivity contribution in [1.82, 2.24) is 4.98 Å². The fourth-order valence-corrected chi connectivity index (χ4v) is 4.37. The van der Waals surface area contributed by atoms with Gasteiger partial charge in [-0.25, -0.2) is 4.98 Å². The van der Waals surface area contributed by atoms with E-state index in [-0.39, 0.29) is 5.91 Å². The first-order valence-corrected chi connectivity index (χ1v) is 9.43. The van der Waals surface area contributed by atoms with Crippen molar-refractivity contribution in [3.05, 3.63) is 63.5 Å². The number of aromatic nitrogens is 1. The molecular weight excluding hydrogens is 344 g/mol. The second-order valence-corrected chi connectivity index (χ2v) is 7.62. The highest BCUT2D eigenvalue weighted by Gasteiger charge is 2.23. The summed E-state index contributed by atoms with van der Waals surface area (Å²) >= 11 is 1.57. The van der Waals surface area contributed by atoms with Gasteiger partial charge in [0, 0.05) is 16.0 Å². The Morgan fingerprint density at radius 2 is 1.96 bits per heavy atom. The lowest BCUT2D eigenvalue weighted by Crippen LogP contribution is -2.13. The Hall–Kier alpha value is -2.66. The van der Waals surface area contributed by atoms with Gasteiger partial charge in [0.15, 0.2) is 5.13 Å². The molecule has 132 valence electrons. The predicted molar refractivity (Wildman–Crippen MR) is 105 cm³/mol. The molecule has 1 amide bonds. The number of aryl methyl sites for hydroxylation is 4. The van der Waals surface area contributed by atoms with E-state index in [1.54, 1.807) is 18.4 Å². The highest BCUT2D eigenvalue weighted by Crippen LogP contribution is 2.40. The average molecular weight is 364 g/mol. The van der Waals surface area contributed by atoms with E-state index >= 15 is 0 Å². The number of ether oxygens (including phenoxy) is 1. The number of nitrogens with zero attached hydrogens (tertiary/aromatic N) is 1. The lowest BCUT2D eigenvalue weighted by molar-refractivity contribution is 0.102. The van der Waals surface area contributed by atoms with Crippen LogP contribution in [0.25, 0.3) is 11.3 Å². The van der Waals surface area contributed by atoms with E-state index in [9.17, 15) is 4.79 Å². The van der Waals surface area contributed by atoms with Crippen LogP contribution < -0.4 is 10.1 Å². The maximum atomic E-state index is 12.6. The molecule has 2 aromatic carbocycles. The maximum absolute atomic E-state index is 12.6. The lowest BCUT2D eigenvalue weighted by atomic mass is 9.91. The van der Waals surface area contributed by atoms with Gasteiger partial charge >= 0.3 is 0 Å². The van der Waals surface area contributed by atoms with Crippen molar-refractivity contribution in [2.45, 2.75) is 26.7 Å². The molecule has 0 aliphatic heterocycles. The number of carbonyl (C=O) groups is 1. The molecule has 1 aliphatic rings. The minimum Gasteiger partial charge on any atom is -0.496 e. The summed E-state index contributed by atoms with van der Waals surface area (Å²) in [4.78, 5) is 18.5. The quantitative estimate of drug-likeness (QED) is 0.727. The first kappa shape index (κ1) is 16.8. The third-order valence-electron chi connectivity index (χ3n) is 4.80. The van der Waals surface area contributed by atoms with Crippen LogP contribution in [0.15, 0.2) is 36.4 Å². The van der Waals surface area contributed by atoms with Gasteiger partial charge in [0.2, 0.25) is 0 Å². The van der Waals surface area contributed by atoms with Crippen LogP contribution in [0.3, 0.4) is 0 Å². The van der Waals surface area contributed by atoms with Crippen molar-refractivity contribution in [1.29, 1.82) is 0 Å². The molecule has 1 aromatic heterocycles. The number of nitrogens with one attached hydrogen (secondary N) is 1. The molecule has 0 atom stereocenters. The van der Waals surface area contributed by atoms with E-state index in [1.807, 2.05) is 38.1 Å². The van der Waals surface area contributed by atoms with Crippen molar-refractivity contribution in [2.24, 2.45) is 0 Å². The zero-order valence-corrected chi connectivity index (χ0v) is 15.9. The van der Waals surface area contributed by atoms with Crippen LogP contribution in [0, 0.1) is 13.8 Å². The summed E-state index contributed by atoms with van der Waals surface area (Å²) in [5, 5.41) is 3.63. The standard InChI is InChI=1S/C21H20N2O2S/c1-12-6-4-5-7-15(12)20(24)23-21-22-19-16-10-13(2)17(25-3)11-14(16)8-9-18(19)26-21/h4-7,10-11H,8-9H2,1-3H3,(H,22,23,24). The number of rotatable bonds is 3. The van der Waals surface area contributed by atoms with Crippen molar-refractivity contribution in [2.75, 3.05) is 12.4 Å².